The average molecular weight is 301 g/mol. The first-order valence-corrected chi connectivity index (χ1v) is 9.75. The van der Waals surface area contributed by atoms with Gasteiger partial charge in [-0.25, -0.2) is 0 Å². The van der Waals surface area contributed by atoms with Gasteiger partial charge in [-0.15, -0.1) is 0 Å². The molecule has 0 spiro atoms. The van der Waals surface area contributed by atoms with Crippen LogP contribution in [0.4, 0.5) is 0 Å². The monoisotopic (exact) mass is 300 g/mol. The van der Waals surface area contributed by atoms with Crippen LogP contribution < -0.4 is 0 Å². The van der Waals surface area contributed by atoms with Gasteiger partial charge >= 0.3 is 8.56 Å². The van der Waals surface area contributed by atoms with Gasteiger partial charge in [-0.3, -0.25) is 0 Å². The molecule has 2 unspecified atom stereocenters. The Morgan fingerprint density at radius 1 is 0.750 bits per heavy atom. The zero-order valence-electron chi connectivity index (χ0n) is 15.4. The summed E-state index contributed by atoms with van der Waals surface area (Å²) in [4.78, 5) is 0. The van der Waals surface area contributed by atoms with Gasteiger partial charge in [-0.1, -0.05) is 61.8 Å². The van der Waals surface area contributed by atoms with Crippen molar-refractivity contribution >= 4 is 8.56 Å². The Bertz CT molecular complexity index is 319. The van der Waals surface area contributed by atoms with Crippen molar-refractivity contribution in [3.05, 3.63) is 0 Å². The van der Waals surface area contributed by atoms with Gasteiger partial charge in [0.25, 0.3) is 0 Å². The van der Waals surface area contributed by atoms with E-state index < -0.39 is 8.56 Å². The van der Waals surface area contributed by atoms with Crippen molar-refractivity contribution in [1.82, 2.24) is 0 Å². The molecule has 2 nitrogen and oxygen atoms in total. The summed E-state index contributed by atoms with van der Waals surface area (Å²) in [5.41, 5.74) is 0.357. The number of hydrogen-bond acceptors (Lipinski definition) is 2. The van der Waals surface area contributed by atoms with E-state index in [1.54, 1.807) is 0 Å². The van der Waals surface area contributed by atoms with Gasteiger partial charge in [0.05, 0.1) is 0 Å². The highest BCUT2D eigenvalue weighted by Gasteiger charge is 2.72. The van der Waals surface area contributed by atoms with E-state index in [1.165, 1.54) is 19.3 Å². The highest BCUT2D eigenvalue weighted by molar-refractivity contribution is 6.74. The second-order valence-corrected chi connectivity index (χ2v) is 13.3. The molecule has 120 valence electrons. The molecule has 1 aliphatic heterocycles. The third-order valence-electron chi connectivity index (χ3n) is 6.69. The van der Waals surface area contributed by atoms with E-state index in [9.17, 15) is 0 Å². The Labute approximate surface area is 127 Å². The molecule has 1 saturated heterocycles. The number of rotatable bonds is 2. The van der Waals surface area contributed by atoms with Gasteiger partial charge in [-0.2, -0.15) is 0 Å². The molecule has 0 aromatic rings. The third-order valence-corrected chi connectivity index (χ3v) is 12.7. The summed E-state index contributed by atoms with van der Waals surface area (Å²) in [5.74, 6) is 0. The van der Waals surface area contributed by atoms with Crippen molar-refractivity contribution in [2.75, 3.05) is 14.2 Å². The van der Waals surface area contributed by atoms with Gasteiger partial charge < -0.3 is 8.85 Å². The van der Waals surface area contributed by atoms with E-state index in [4.69, 9.17) is 8.85 Å². The third kappa shape index (κ3) is 2.12. The van der Waals surface area contributed by atoms with Crippen molar-refractivity contribution in [1.29, 1.82) is 0 Å². The predicted molar refractivity (Wildman–Crippen MR) is 89.3 cm³/mol. The molecule has 1 aliphatic rings. The molecular weight excluding hydrogens is 264 g/mol. The second kappa shape index (κ2) is 5.10. The molecule has 0 aromatic carbocycles. The summed E-state index contributed by atoms with van der Waals surface area (Å²) in [6.07, 6.45) is 3.68. The van der Waals surface area contributed by atoms with Gasteiger partial charge in [0.2, 0.25) is 0 Å². The van der Waals surface area contributed by atoms with Crippen LogP contribution in [-0.4, -0.2) is 22.8 Å². The van der Waals surface area contributed by atoms with Gasteiger partial charge in [0, 0.05) is 24.3 Å². The van der Waals surface area contributed by atoms with Crippen molar-refractivity contribution < 1.29 is 8.85 Å². The Hall–Kier alpha value is 0.137. The molecule has 20 heavy (non-hydrogen) atoms. The lowest BCUT2D eigenvalue weighted by molar-refractivity contribution is 0.0562. The summed E-state index contributed by atoms with van der Waals surface area (Å²) < 4.78 is 12.7. The number of hydrogen-bond donors (Lipinski definition) is 0. The molecule has 1 heterocycles. The van der Waals surface area contributed by atoms with E-state index in [0.29, 0.717) is 0 Å². The fourth-order valence-electron chi connectivity index (χ4n) is 4.46. The van der Waals surface area contributed by atoms with Crippen molar-refractivity contribution in [2.45, 2.75) is 84.7 Å². The molecular formula is C17H36O2Si. The molecule has 0 aromatic heterocycles. The highest BCUT2D eigenvalue weighted by atomic mass is 28.4. The highest BCUT2D eigenvalue weighted by Crippen LogP contribution is 2.72. The summed E-state index contributed by atoms with van der Waals surface area (Å²) in [6.45, 7) is 18.9. The van der Waals surface area contributed by atoms with E-state index in [-0.39, 0.29) is 20.9 Å². The minimum absolute atomic E-state index is 0.115. The molecule has 0 aliphatic carbocycles. The van der Waals surface area contributed by atoms with Crippen LogP contribution in [0.25, 0.3) is 0 Å². The van der Waals surface area contributed by atoms with Crippen LogP contribution >= 0.6 is 0 Å². The molecule has 1 rings (SSSR count). The molecule has 0 N–H and O–H groups in total. The SMILES string of the molecule is CO[Si]1(OC)C(C)(C(C)(C)C)CCCC1(C)C(C)(C)C. The molecule has 0 saturated carbocycles. The first-order valence-electron chi connectivity index (χ1n) is 7.93. The maximum atomic E-state index is 6.33. The summed E-state index contributed by atoms with van der Waals surface area (Å²) >= 11 is 0. The van der Waals surface area contributed by atoms with Crippen LogP contribution in [0.1, 0.15) is 74.7 Å². The maximum Gasteiger partial charge on any atom is 0.350 e. The molecule has 0 radical (unpaired) electrons. The summed E-state index contributed by atoms with van der Waals surface area (Å²) in [5, 5.41) is 0.230. The fourth-order valence-corrected chi connectivity index (χ4v) is 10.6. The van der Waals surface area contributed by atoms with Crippen LogP contribution in [-0.2, 0) is 8.85 Å². The Kier molecular flexibility index (Phi) is 4.64. The Morgan fingerprint density at radius 3 is 1.25 bits per heavy atom. The quantitative estimate of drug-likeness (QED) is 0.625. The van der Waals surface area contributed by atoms with Crippen LogP contribution in [0.3, 0.4) is 0 Å². The van der Waals surface area contributed by atoms with Gasteiger partial charge in [0.1, 0.15) is 0 Å². The first kappa shape index (κ1) is 18.2. The minimum atomic E-state index is -2.41. The average Bonchev–Trinajstić information content (AvgIpc) is 2.27. The van der Waals surface area contributed by atoms with Gasteiger partial charge in [0.15, 0.2) is 0 Å². The fraction of sp³-hybridized carbons (Fsp3) is 1.00. The van der Waals surface area contributed by atoms with Crippen molar-refractivity contribution in [3.8, 4) is 0 Å². The standard InChI is InChI=1S/C17H36O2Si/c1-14(2,3)16(7)12-11-13-17(8,15(4,5)6)20(16,18-9)19-10/h11-13H2,1-10H3. The Morgan fingerprint density at radius 2 is 1.05 bits per heavy atom. The normalized spacial score (nSPS) is 35.1. The molecule has 0 amide bonds. The van der Waals surface area contributed by atoms with E-state index in [0.717, 1.165) is 0 Å². The lowest BCUT2D eigenvalue weighted by Crippen LogP contribution is -2.67. The predicted octanol–water partition coefficient (Wildman–Crippen LogP) is 5.52. The van der Waals surface area contributed by atoms with Crippen LogP contribution in [0, 0.1) is 10.8 Å². The molecule has 3 heteroatoms. The van der Waals surface area contributed by atoms with Crippen molar-refractivity contribution in [2.24, 2.45) is 10.8 Å². The largest absolute Gasteiger partial charge is 0.397 e. The topological polar surface area (TPSA) is 18.5 Å². The Balaban J connectivity index is 3.59. The smallest absolute Gasteiger partial charge is 0.350 e. The van der Waals surface area contributed by atoms with E-state index in [2.05, 4.69) is 55.4 Å². The maximum absolute atomic E-state index is 6.33. The van der Waals surface area contributed by atoms with Crippen molar-refractivity contribution in [3.63, 3.8) is 0 Å². The van der Waals surface area contributed by atoms with Crippen LogP contribution in [0.5, 0.6) is 0 Å². The second-order valence-electron chi connectivity index (χ2n) is 9.04. The zero-order chi connectivity index (χ0) is 16.0. The summed E-state index contributed by atoms with van der Waals surface area (Å²) in [6, 6.07) is 0. The molecule has 0 bridgehead atoms. The summed E-state index contributed by atoms with van der Waals surface area (Å²) in [7, 11) is 1.36. The van der Waals surface area contributed by atoms with E-state index >= 15 is 0 Å². The minimum Gasteiger partial charge on any atom is -0.397 e. The van der Waals surface area contributed by atoms with Gasteiger partial charge in [-0.05, 0) is 23.7 Å². The lowest BCUT2D eigenvalue weighted by atomic mass is 9.73. The van der Waals surface area contributed by atoms with Crippen LogP contribution in [0.15, 0.2) is 0 Å². The van der Waals surface area contributed by atoms with E-state index in [1.807, 2.05) is 14.2 Å². The van der Waals surface area contributed by atoms with Crippen LogP contribution in [0.2, 0.25) is 10.1 Å². The first-order chi connectivity index (χ1) is 8.83. The molecule has 2 atom stereocenters. The molecule has 1 fully saturated rings. The lowest BCUT2D eigenvalue weighted by Gasteiger charge is -2.64. The zero-order valence-corrected chi connectivity index (χ0v) is 16.4.